The molecule has 4 nitrogen and oxygen atoms in total. The largest absolute Gasteiger partial charge is 0.465 e. The van der Waals surface area contributed by atoms with E-state index in [1.807, 2.05) is 0 Å². The lowest BCUT2D eigenvalue weighted by atomic mass is 9.40. The third-order valence-corrected chi connectivity index (χ3v) is 9.05. The van der Waals surface area contributed by atoms with Gasteiger partial charge in [-0.1, -0.05) is 26.8 Å². The maximum absolute atomic E-state index is 11.4. The zero-order chi connectivity index (χ0) is 18.9. The summed E-state index contributed by atoms with van der Waals surface area (Å²) in [5.41, 5.74) is 0.511. The summed E-state index contributed by atoms with van der Waals surface area (Å²) in [5.74, 6) is 0.636. The predicted molar refractivity (Wildman–Crippen MR) is 99.2 cm³/mol. The summed E-state index contributed by atoms with van der Waals surface area (Å²) in [5, 5.41) is 22.3. The Balaban J connectivity index is 1.71. The van der Waals surface area contributed by atoms with Crippen LogP contribution in [0, 0.1) is 34.0 Å². The lowest BCUT2D eigenvalue weighted by molar-refractivity contribution is -0.214. The van der Waals surface area contributed by atoms with E-state index in [1.165, 1.54) is 6.92 Å². The van der Waals surface area contributed by atoms with Crippen molar-refractivity contribution < 1.29 is 19.7 Å². The molecule has 1 unspecified atom stereocenters. The Labute approximate surface area is 157 Å². The smallest absolute Gasteiger partial charge is 0.302 e. The molecular formula is C22H34O4. The van der Waals surface area contributed by atoms with Crippen LogP contribution in [0.2, 0.25) is 0 Å². The molecule has 2 N–H and O–H groups in total. The fourth-order valence-electron chi connectivity index (χ4n) is 7.99. The standard InChI is InChI=1S/C22H34O4/c1-13-15-6-7-17-21(4)10-5-9-20(3,12-26-14(2)23)16(21)8-11-22(17,18(13)24)19(15)25/h15-19,24-25H,1,5-12H2,2-4H3/t15-,16+,17-,18-,19?,20+,21+,22+/m0/s1. The molecule has 0 saturated heterocycles. The molecule has 0 amide bonds. The van der Waals surface area contributed by atoms with Crippen molar-refractivity contribution in [1.82, 2.24) is 0 Å². The van der Waals surface area contributed by atoms with Gasteiger partial charge in [-0.25, -0.2) is 0 Å². The van der Waals surface area contributed by atoms with Gasteiger partial charge < -0.3 is 14.9 Å². The van der Waals surface area contributed by atoms with Gasteiger partial charge in [0.2, 0.25) is 0 Å². The molecule has 4 saturated carbocycles. The summed E-state index contributed by atoms with van der Waals surface area (Å²) in [6.45, 7) is 10.8. The molecule has 8 atom stereocenters. The van der Waals surface area contributed by atoms with E-state index in [2.05, 4.69) is 20.4 Å². The number of aliphatic hydroxyl groups excluding tert-OH is 2. The van der Waals surface area contributed by atoms with Crippen molar-refractivity contribution in [3.8, 4) is 0 Å². The highest BCUT2D eigenvalue weighted by Crippen LogP contribution is 2.72. The van der Waals surface area contributed by atoms with Gasteiger partial charge in [0.25, 0.3) is 0 Å². The molecular weight excluding hydrogens is 328 g/mol. The van der Waals surface area contributed by atoms with Crippen LogP contribution in [-0.4, -0.2) is 35.0 Å². The van der Waals surface area contributed by atoms with Crippen LogP contribution in [0.5, 0.6) is 0 Å². The van der Waals surface area contributed by atoms with E-state index < -0.39 is 17.6 Å². The van der Waals surface area contributed by atoms with Gasteiger partial charge in [0.05, 0.1) is 18.8 Å². The predicted octanol–water partition coefficient (Wildman–Crippen LogP) is 3.46. The number of ether oxygens (including phenoxy) is 1. The number of hydrogen-bond donors (Lipinski definition) is 2. The minimum Gasteiger partial charge on any atom is -0.465 e. The molecule has 0 aromatic carbocycles. The fourth-order valence-corrected chi connectivity index (χ4v) is 7.99. The number of carbonyl (C=O) groups is 1. The first-order valence-electron chi connectivity index (χ1n) is 10.3. The van der Waals surface area contributed by atoms with Gasteiger partial charge in [-0.2, -0.15) is 0 Å². The van der Waals surface area contributed by atoms with Crippen LogP contribution in [0.4, 0.5) is 0 Å². The number of aliphatic hydroxyl groups is 2. The molecule has 0 radical (unpaired) electrons. The van der Waals surface area contributed by atoms with E-state index in [-0.39, 0.29) is 22.7 Å². The second kappa shape index (κ2) is 5.81. The summed E-state index contributed by atoms with van der Waals surface area (Å²) in [4.78, 5) is 11.4. The van der Waals surface area contributed by atoms with Crippen molar-refractivity contribution >= 4 is 5.97 Å². The van der Waals surface area contributed by atoms with Gasteiger partial charge in [-0.3, -0.25) is 4.79 Å². The normalized spacial score (nSPS) is 53.0. The molecule has 0 aromatic rings. The molecule has 1 spiro atoms. The Bertz CT molecular complexity index is 630. The third kappa shape index (κ3) is 2.18. The molecule has 146 valence electrons. The van der Waals surface area contributed by atoms with E-state index in [1.54, 1.807) is 0 Å². The van der Waals surface area contributed by atoms with E-state index >= 15 is 0 Å². The third-order valence-electron chi connectivity index (χ3n) is 9.05. The van der Waals surface area contributed by atoms with Crippen molar-refractivity contribution in [1.29, 1.82) is 0 Å². The van der Waals surface area contributed by atoms with Crippen molar-refractivity contribution in [2.45, 2.75) is 77.9 Å². The minimum absolute atomic E-state index is 0.0113. The lowest BCUT2D eigenvalue weighted by Gasteiger charge is -2.65. The highest BCUT2D eigenvalue weighted by molar-refractivity contribution is 5.65. The Hall–Kier alpha value is -0.870. The summed E-state index contributed by atoms with van der Waals surface area (Å²) in [6, 6.07) is 0. The van der Waals surface area contributed by atoms with Gasteiger partial charge in [-0.05, 0) is 61.3 Å². The quantitative estimate of drug-likeness (QED) is 0.583. The van der Waals surface area contributed by atoms with Crippen LogP contribution < -0.4 is 0 Å². The second-order valence-corrected chi connectivity index (χ2v) is 10.2. The fraction of sp³-hybridized carbons (Fsp3) is 0.864. The molecule has 26 heavy (non-hydrogen) atoms. The molecule has 0 aliphatic heterocycles. The molecule has 2 bridgehead atoms. The zero-order valence-electron chi connectivity index (χ0n) is 16.5. The minimum atomic E-state index is -0.575. The Kier molecular flexibility index (Phi) is 4.13. The summed E-state index contributed by atoms with van der Waals surface area (Å²) in [6.07, 6.45) is 6.15. The van der Waals surface area contributed by atoms with E-state index in [9.17, 15) is 15.0 Å². The van der Waals surface area contributed by atoms with E-state index in [0.717, 1.165) is 50.5 Å². The Morgan fingerprint density at radius 2 is 1.88 bits per heavy atom. The first-order valence-corrected chi connectivity index (χ1v) is 10.3. The number of esters is 1. The Morgan fingerprint density at radius 1 is 1.15 bits per heavy atom. The van der Waals surface area contributed by atoms with E-state index in [0.29, 0.717) is 18.4 Å². The summed E-state index contributed by atoms with van der Waals surface area (Å²) >= 11 is 0. The van der Waals surface area contributed by atoms with Crippen LogP contribution in [0.25, 0.3) is 0 Å². The summed E-state index contributed by atoms with van der Waals surface area (Å²) < 4.78 is 5.48. The van der Waals surface area contributed by atoms with E-state index in [4.69, 9.17) is 4.74 Å². The average molecular weight is 363 g/mol. The molecule has 4 aliphatic rings. The molecule has 4 fully saturated rings. The van der Waals surface area contributed by atoms with Crippen molar-refractivity contribution in [3.05, 3.63) is 12.2 Å². The van der Waals surface area contributed by atoms with Crippen molar-refractivity contribution in [3.63, 3.8) is 0 Å². The highest BCUT2D eigenvalue weighted by Gasteiger charge is 2.70. The Morgan fingerprint density at radius 3 is 2.58 bits per heavy atom. The molecule has 4 rings (SSSR count). The highest BCUT2D eigenvalue weighted by atomic mass is 16.5. The first-order chi connectivity index (χ1) is 12.2. The SMILES string of the molecule is C=C1[C@@H]2CC[C@H]3[C@]4(C)CCC[C@](C)(COC(C)=O)[C@H]4CC[C@]3(C2O)[C@H]1O. The van der Waals surface area contributed by atoms with Gasteiger partial charge in [-0.15, -0.1) is 0 Å². The van der Waals surface area contributed by atoms with Gasteiger partial charge in [0, 0.05) is 23.7 Å². The van der Waals surface area contributed by atoms with Crippen LogP contribution in [-0.2, 0) is 9.53 Å². The number of carbonyl (C=O) groups excluding carboxylic acids is 1. The maximum Gasteiger partial charge on any atom is 0.302 e. The van der Waals surface area contributed by atoms with Crippen LogP contribution >= 0.6 is 0 Å². The number of hydrogen-bond acceptors (Lipinski definition) is 4. The monoisotopic (exact) mass is 362 g/mol. The molecule has 0 heterocycles. The number of fused-ring (bicyclic) bond motifs is 3. The van der Waals surface area contributed by atoms with Crippen LogP contribution in [0.3, 0.4) is 0 Å². The topological polar surface area (TPSA) is 66.8 Å². The maximum atomic E-state index is 11.4. The van der Waals surface area contributed by atoms with Crippen LogP contribution in [0.15, 0.2) is 12.2 Å². The summed E-state index contributed by atoms with van der Waals surface area (Å²) in [7, 11) is 0. The second-order valence-electron chi connectivity index (χ2n) is 10.2. The number of rotatable bonds is 2. The first kappa shape index (κ1) is 18.5. The molecule has 4 heteroatoms. The van der Waals surface area contributed by atoms with Gasteiger partial charge in [0.15, 0.2) is 0 Å². The van der Waals surface area contributed by atoms with Gasteiger partial charge in [0.1, 0.15) is 0 Å². The van der Waals surface area contributed by atoms with Crippen LogP contribution in [0.1, 0.15) is 65.7 Å². The van der Waals surface area contributed by atoms with Crippen molar-refractivity contribution in [2.24, 2.45) is 34.0 Å². The zero-order valence-corrected chi connectivity index (χ0v) is 16.5. The average Bonchev–Trinajstić information content (AvgIpc) is 2.69. The van der Waals surface area contributed by atoms with Crippen molar-refractivity contribution in [2.75, 3.05) is 6.61 Å². The lowest BCUT2D eigenvalue weighted by Crippen LogP contribution is -2.63. The van der Waals surface area contributed by atoms with Gasteiger partial charge >= 0.3 is 5.97 Å². The molecule has 0 aromatic heterocycles. The molecule has 4 aliphatic carbocycles.